The van der Waals surface area contributed by atoms with Gasteiger partial charge in [0.1, 0.15) is 10.4 Å². The first kappa shape index (κ1) is 22.5. The number of anilines is 1. The van der Waals surface area contributed by atoms with Gasteiger partial charge < -0.3 is 17.3 Å². The highest BCUT2D eigenvalue weighted by Gasteiger charge is 2.41. The van der Waals surface area contributed by atoms with Crippen LogP contribution in [0.1, 0.15) is 6.92 Å². The van der Waals surface area contributed by atoms with Crippen LogP contribution in [0.25, 0.3) is 10.2 Å². The molecule has 2 aliphatic heterocycles. The zero-order valence-corrected chi connectivity index (χ0v) is 20.9. The highest BCUT2D eigenvalue weighted by molar-refractivity contribution is 8.19. The Kier molecular flexibility index (Phi) is 6.29. The number of carbonyl (C=O) groups excluding carboxylic acids is 1. The molecule has 1 aromatic heterocycles. The number of rotatable bonds is 2. The van der Waals surface area contributed by atoms with Crippen molar-refractivity contribution in [3.63, 3.8) is 0 Å². The lowest BCUT2D eigenvalue weighted by molar-refractivity contribution is -0.627. The van der Waals surface area contributed by atoms with Gasteiger partial charge in [0.15, 0.2) is 0 Å². The second kappa shape index (κ2) is 8.67. The van der Waals surface area contributed by atoms with Crippen LogP contribution in [-0.2, 0) is 11.8 Å². The maximum Gasteiger partial charge on any atom is 0.385 e. The number of amides is 1. The third-order valence-corrected chi connectivity index (χ3v) is 8.84. The summed E-state index contributed by atoms with van der Waals surface area (Å²) in [6.07, 6.45) is 0. The van der Waals surface area contributed by atoms with Gasteiger partial charge in [-0.05, 0) is 65.3 Å². The molecule has 0 atom stereocenters. The number of likely N-dealkylation sites (N-methyl/N-ethyl adjacent to an activating group) is 1. The molecule has 3 heterocycles. The topological polar surface area (TPSA) is 39.8 Å². The van der Waals surface area contributed by atoms with E-state index in [2.05, 4.69) is 17.0 Å². The molecule has 0 radical (unpaired) electrons. The number of aromatic nitrogens is 1. The van der Waals surface area contributed by atoms with E-state index in [0.29, 0.717) is 16.7 Å². The Morgan fingerprint density at radius 1 is 1.16 bits per heavy atom. The van der Waals surface area contributed by atoms with E-state index in [9.17, 15) is 4.79 Å². The zero-order chi connectivity index (χ0) is 21.0. The summed E-state index contributed by atoms with van der Waals surface area (Å²) in [5.74, 6) is 0.00946. The molecule has 0 spiro atoms. The number of hydrogen-bond acceptors (Lipinski definition) is 6. The largest absolute Gasteiger partial charge is 1.00 e. The normalized spacial score (nSPS) is 19.5. The summed E-state index contributed by atoms with van der Waals surface area (Å²) in [7, 11) is 4.00. The number of fused-ring (bicyclic) bond motifs is 2. The van der Waals surface area contributed by atoms with Crippen LogP contribution in [-0.4, -0.2) is 29.6 Å². The summed E-state index contributed by atoms with van der Waals surface area (Å²) in [6.45, 7) is 2.55. The molecule has 5 nitrogen and oxygen atoms in total. The van der Waals surface area contributed by atoms with Crippen molar-refractivity contribution < 1.29 is 21.8 Å². The van der Waals surface area contributed by atoms with Crippen molar-refractivity contribution in [1.82, 2.24) is 4.90 Å². The fourth-order valence-corrected chi connectivity index (χ4v) is 7.24. The van der Waals surface area contributed by atoms with Crippen LogP contribution in [0.15, 0.2) is 62.3 Å². The number of amidine groups is 1. The summed E-state index contributed by atoms with van der Waals surface area (Å²) in [6, 6.07) is 14.0. The minimum Gasteiger partial charge on any atom is -1.00 e. The number of aliphatic imine (C=N–C) groups is 1. The Bertz CT molecular complexity index is 1270. The van der Waals surface area contributed by atoms with Gasteiger partial charge in [-0.1, -0.05) is 35.5 Å². The van der Waals surface area contributed by atoms with Crippen molar-refractivity contribution in [1.29, 1.82) is 0 Å². The van der Waals surface area contributed by atoms with Crippen molar-refractivity contribution in [2.75, 3.05) is 18.5 Å². The van der Waals surface area contributed by atoms with E-state index in [-0.39, 0.29) is 18.3 Å². The highest BCUT2D eigenvalue weighted by Crippen LogP contribution is 2.50. The average Bonchev–Trinajstić information content (AvgIpc) is 3.34. The van der Waals surface area contributed by atoms with E-state index in [1.54, 1.807) is 28.0 Å². The van der Waals surface area contributed by atoms with Crippen molar-refractivity contribution in [2.45, 2.75) is 11.8 Å². The van der Waals surface area contributed by atoms with Gasteiger partial charge in [-0.2, -0.15) is 0 Å². The first-order valence-electron chi connectivity index (χ1n) is 9.39. The molecule has 0 N–H and O–H groups in total. The molecule has 10 heteroatoms. The predicted octanol–water partition coefficient (Wildman–Crippen LogP) is 2.38. The van der Waals surface area contributed by atoms with Gasteiger partial charge in [0.25, 0.3) is 11.1 Å². The maximum absolute atomic E-state index is 13.2. The quantitative estimate of drug-likeness (QED) is 0.393. The van der Waals surface area contributed by atoms with Crippen LogP contribution in [0.2, 0.25) is 5.02 Å². The fourth-order valence-electron chi connectivity index (χ4n) is 3.49. The van der Waals surface area contributed by atoms with Crippen LogP contribution in [0, 0.1) is 0 Å². The second-order valence-corrected chi connectivity index (χ2v) is 10.3. The molecule has 2 aliphatic rings. The molecule has 1 amide bonds. The van der Waals surface area contributed by atoms with Gasteiger partial charge in [-0.15, -0.1) is 0 Å². The van der Waals surface area contributed by atoms with Gasteiger partial charge in [0.05, 0.1) is 22.5 Å². The minimum atomic E-state index is 0. The number of aryl methyl sites for hydroxylation is 1. The monoisotopic (exact) mass is 508 g/mol. The molecule has 5 rings (SSSR count). The van der Waals surface area contributed by atoms with Crippen LogP contribution < -0.4 is 21.9 Å². The van der Waals surface area contributed by atoms with E-state index < -0.39 is 0 Å². The summed E-state index contributed by atoms with van der Waals surface area (Å²) in [5, 5.41) is 3.21. The summed E-state index contributed by atoms with van der Waals surface area (Å²) < 4.78 is 3.11. The van der Waals surface area contributed by atoms with Gasteiger partial charge in [-0.3, -0.25) is 9.69 Å². The first-order chi connectivity index (χ1) is 14.5. The van der Waals surface area contributed by atoms with Crippen molar-refractivity contribution >= 4 is 78.6 Å². The Balaban J connectivity index is 0.00000231. The maximum atomic E-state index is 13.2. The minimum absolute atomic E-state index is 0. The molecule has 1 saturated heterocycles. The average molecular weight is 510 g/mol. The lowest BCUT2D eigenvalue weighted by Gasteiger charge is -2.14. The molecular formula is C21H18Cl2N4OS3. The molecule has 0 saturated carbocycles. The van der Waals surface area contributed by atoms with Crippen LogP contribution in [0.5, 0.6) is 0 Å². The molecule has 0 unspecified atom stereocenters. The lowest BCUT2D eigenvalue weighted by Crippen LogP contribution is -3.00. The summed E-state index contributed by atoms with van der Waals surface area (Å²) >= 11 is 10.8. The van der Waals surface area contributed by atoms with E-state index >= 15 is 0 Å². The Hall–Kier alpha value is -1.71. The highest BCUT2D eigenvalue weighted by atomic mass is 35.5. The van der Waals surface area contributed by atoms with Gasteiger partial charge >= 0.3 is 5.13 Å². The third-order valence-electron chi connectivity index (χ3n) is 5.07. The van der Waals surface area contributed by atoms with E-state index in [1.807, 2.05) is 55.9 Å². The van der Waals surface area contributed by atoms with E-state index in [4.69, 9.17) is 16.6 Å². The number of nitrogens with zero attached hydrogens (tertiary/aromatic N) is 4. The molecule has 160 valence electrons. The smallest absolute Gasteiger partial charge is 0.385 e. The number of halogens is 2. The number of benzene rings is 2. The molecule has 0 bridgehead atoms. The predicted molar refractivity (Wildman–Crippen MR) is 128 cm³/mol. The van der Waals surface area contributed by atoms with Crippen molar-refractivity contribution in [3.05, 3.63) is 57.4 Å². The SMILES string of the molecule is CCN1C(=O)/C(=C2\Sc3ccccc3N2C)S/C1=N/c1sc2cc(Cl)ccc2[n+]1C.[Cl-]. The first-order valence-corrected chi connectivity index (χ1v) is 12.2. The van der Waals surface area contributed by atoms with Crippen LogP contribution >= 0.6 is 46.5 Å². The van der Waals surface area contributed by atoms with Gasteiger partial charge in [0, 0.05) is 23.5 Å². The summed E-state index contributed by atoms with van der Waals surface area (Å²) in [4.78, 5) is 23.9. The number of thioether (sulfide) groups is 2. The van der Waals surface area contributed by atoms with Crippen LogP contribution in [0.4, 0.5) is 10.8 Å². The van der Waals surface area contributed by atoms with Crippen molar-refractivity contribution in [2.24, 2.45) is 12.0 Å². The Morgan fingerprint density at radius 3 is 2.68 bits per heavy atom. The van der Waals surface area contributed by atoms with Gasteiger partial charge in [0.2, 0.25) is 0 Å². The fraction of sp³-hybridized carbons (Fsp3) is 0.190. The number of carbonyl (C=O) groups is 1. The molecule has 3 aromatic rings. The molecule has 0 aliphatic carbocycles. The van der Waals surface area contributed by atoms with Crippen LogP contribution in [0.3, 0.4) is 0 Å². The lowest BCUT2D eigenvalue weighted by atomic mass is 10.3. The molecular weight excluding hydrogens is 491 g/mol. The Morgan fingerprint density at radius 2 is 1.94 bits per heavy atom. The standard InChI is InChI=1S/C21H18ClN4OS3.ClH/c1-4-26-18(27)17(19-24(2)13-7-5-6-8-15(13)28-19)30-21(26)23-20-25(3)14-10-9-12(22)11-16(14)29-20;/h5-11H,4H2,1-3H3;1H/q+1;/p-1/b19-17+;. The van der Waals surface area contributed by atoms with Gasteiger partial charge in [-0.25, -0.2) is 4.57 Å². The second-order valence-electron chi connectivity index (χ2n) is 6.86. The summed E-state index contributed by atoms with van der Waals surface area (Å²) in [5.41, 5.74) is 2.20. The number of para-hydroxylation sites is 1. The Labute approximate surface area is 204 Å². The third kappa shape index (κ3) is 3.74. The van der Waals surface area contributed by atoms with E-state index in [1.165, 1.54) is 11.8 Å². The van der Waals surface area contributed by atoms with Crippen molar-refractivity contribution in [3.8, 4) is 0 Å². The number of hydrogen-bond donors (Lipinski definition) is 0. The molecule has 1 fully saturated rings. The van der Waals surface area contributed by atoms with E-state index in [0.717, 1.165) is 35.9 Å². The molecule has 31 heavy (non-hydrogen) atoms. The molecule has 2 aromatic carbocycles. The number of thiazole rings is 1. The zero-order valence-electron chi connectivity index (χ0n) is 16.9.